The molecule has 2 saturated heterocycles. The minimum Gasteiger partial charge on any atom is -0.347 e. The van der Waals surface area contributed by atoms with E-state index >= 15 is 0 Å². The fraction of sp³-hybridized carbons (Fsp3) is 1.00. The fourth-order valence-corrected chi connectivity index (χ4v) is 2.68. The van der Waals surface area contributed by atoms with Crippen molar-refractivity contribution in [1.82, 2.24) is 0 Å². The molecular formula is C10H16O3. The summed E-state index contributed by atoms with van der Waals surface area (Å²) in [7, 11) is 0. The van der Waals surface area contributed by atoms with Crippen LogP contribution in [0.15, 0.2) is 0 Å². The first-order valence-corrected chi connectivity index (χ1v) is 5.29. The topological polar surface area (TPSA) is 27.7 Å². The van der Waals surface area contributed by atoms with Crippen LogP contribution in [0.2, 0.25) is 0 Å². The van der Waals surface area contributed by atoms with E-state index in [-0.39, 0.29) is 18.2 Å². The normalized spacial score (nSPS) is 47.3. The Kier molecular flexibility index (Phi) is 1.70. The maximum atomic E-state index is 5.96. The van der Waals surface area contributed by atoms with E-state index in [1.54, 1.807) is 0 Å². The van der Waals surface area contributed by atoms with Gasteiger partial charge in [0.15, 0.2) is 12.1 Å². The Balaban J connectivity index is 1.73. The third kappa shape index (κ3) is 1.22. The van der Waals surface area contributed by atoms with Crippen molar-refractivity contribution < 1.29 is 14.2 Å². The number of hydrogen-bond acceptors (Lipinski definition) is 3. The molecule has 1 aliphatic carbocycles. The van der Waals surface area contributed by atoms with Gasteiger partial charge in [-0.15, -0.1) is 0 Å². The standard InChI is InChI=1S/C10H16O3/c1-7-6-8-9(11-7)13-10(12-8)4-2-3-5-10/h7-9H,2-6H2,1H3/t7-,8-,9-/m1/s1. The molecule has 3 aliphatic rings. The maximum Gasteiger partial charge on any atom is 0.187 e. The summed E-state index contributed by atoms with van der Waals surface area (Å²) in [5, 5.41) is 0. The molecule has 3 rings (SSSR count). The van der Waals surface area contributed by atoms with Gasteiger partial charge in [-0.3, -0.25) is 0 Å². The van der Waals surface area contributed by atoms with E-state index in [1.807, 2.05) is 0 Å². The van der Waals surface area contributed by atoms with Gasteiger partial charge in [0.2, 0.25) is 0 Å². The van der Waals surface area contributed by atoms with E-state index in [4.69, 9.17) is 14.2 Å². The third-order valence-corrected chi connectivity index (χ3v) is 3.30. The third-order valence-electron chi connectivity index (χ3n) is 3.30. The van der Waals surface area contributed by atoms with Crippen molar-refractivity contribution in [2.45, 2.75) is 63.3 Å². The zero-order chi connectivity index (χ0) is 8.89. The molecule has 0 aromatic heterocycles. The Bertz CT molecular complexity index is 194. The first kappa shape index (κ1) is 8.21. The van der Waals surface area contributed by atoms with E-state index in [1.165, 1.54) is 12.8 Å². The predicted molar refractivity (Wildman–Crippen MR) is 46.1 cm³/mol. The lowest BCUT2D eigenvalue weighted by Crippen LogP contribution is -2.28. The van der Waals surface area contributed by atoms with E-state index in [9.17, 15) is 0 Å². The molecule has 2 heterocycles. The summed E-state index contributed by atoms with van der Waals surface area (Å²) in [6.45, 7) is 2.08. The molecule has 0 radical (unpaired) electrons. The first-order chi connectivity index (χ1) is 6.27. The molecule has 0 N–H and O–H groups in total. The van der Waals surface area contributed by atoms with Crippen molar-refractivity contribution in [3.8, 4) is 0 Å². The lowest BCUT2D eigenvalue weighted by Gasteiger charge is -2.23. The summed E-state index contributed by atoms with van der Waals surface area (Å²) in [6.07, 6.45) is 5.99. The Morgan fingerprint density at radius 1 is 1.15 bits per heavy atom. The second-order valence-corrected chi connectivity index (χ2v) is 4.44. The van der Waals surface area contributed by atoms with Crippen LogP contribution in [0.25, 0.3) is 0 Å². The van der Waals surface area contributed by atoms with Crippen molar-refractivity contribution in [3.05, 3.63) is 0 Å². The van der Waals surface area contributed by atoms with Crippen LogP contribution in [0.5, 0.6) is 0 Å². The zero-order valence-electron chi connectivity index (χ0n) is 7.99. The van der Waals surface area contributed by atoms with Crippen LogP contribution in [-0.2, 0) is 14.2 Å². The van der Waals surface area contributed by atoms with Gasteiger partial charge in [0.25, 0.3) is 0 Å². The molecule has 3 nitrogen and oxygen atoms in total. The van der Waals surface area contributed by atoms with Crippen molar-refractivity contribution in [2.75, 3.05) is 0 Å². The summed E-state index contributed by atoms with van der Waals surface area (Å²) in [6, 6.07) is 0. The van der Waals surface area contributed by atoms with Gasteiger partial charge in [-0.05, 0) is 19.8 Å². The molecule has 0 aromatic rings. The molecule has 13 heavy (non-hydrogen) atoms. The van der Waals surface area contributed by atoms with Crippen molar-refractivity contribution in [3.63, 3.8) is 0 Å². The van der Waals surface area contributed by atoms with Crippen LogP contribution >= 0.6 is 0 Å². The number of hydrogen-bond donors (Lipinski definition) is 0. The summed E-state index contributed by atoms with van der Waals surface area (Å²) >= 11 is 0. The highest BCUT2D eigenvalue weighted by Crippen LogP contribution is 2.45. The van der Waals surface area contributed by atoms with Gasteiger partial charge < -0.3 is 14.2 Å². The average molecular weight is 184 g/mol. The molecule has 1 saturated carbocycles. The fourth-order valence-electron chi connectivity index (χ4n) is 2.68. The predicted octanol–water partition coefficient (Wildman–Crippen LogP) is 1.81. The van der Waals surface area contributed by atoms with Crippen LogP contribution in [0.1, 0.15) is 39.0 Å². The number of rotatable bonds is 0. The largest absolute Gasteiger partial charge is 0.347 e. The van der Waals surface area contributed by atoms with Crippen LogP contribution in [0.4, 0.5) is 0 Å². The lowest BCUT2D eigenvalue weighted by atomic mass is 10.2. The molecule has 0 aromatic carbocycles. The van der Waals surface area contributed by atoms with Crippen molar-refractivity contribution in [2.24, 2.45) is 0 Å². The molecule has 2 aliphatic heterocycles. The van der Waals surface area contributed by atoms with Gasteiger partial charge in [-0.25, -0.2) is 0 Å². The quantitative estimate of drug-likeness (QED) is 0.574. The van der Waals surface area contributed by atoms with E-state index in [2.05, 4.69) is 6.92 Å². The Hall–Kier alpha value is -0.120. The Morgan fingerprint density at radius 3 is 2.62 bits per heavy atom. The molecule has 3 heteroatoms. The minimum atomic E-state index is -0.254. The Labute approximate surface area is 78.3 Å². The highest BCUT2D eigenvalue weighted by atomic mass is 16.8. The summed E-state index contributed by atoms with van der Waals surface area (Å²) < 4.78 is 17.4. The van der Waals surface area contributed by atoms with Gasteiger partial charge in [0.05, 0.1) is 6.10 Å². The van der Waals surface area contributed by atoms with E-state index in [0.29, 0.717) is 6.10 Å². The maximum absolute atomic E-state index is 5.96. The van der Waals surface area contributed by atoms with Crippen LogP contribution in [0, 0.1) is 0 Å². The Morgan fingerprint density at radius 2 is 1.92 bits per heavy atom. The lowest BCUT2D eigenvalue weighted by molar-refractivity contribution is -0.218. The SMILES string of the molecule is C[C@@H]1C[C@H]2OC3(CCCC3)O[C@H]2O1. The molecule has 3 fully saturated rings. The van der Waals surface area contributed by atoms with Gasteiger partial charge in [0.1, 0.15) is 6.10 Å². The zero-order valence-corrected chi connectivity index (χ0v) is 7.99. The van der Waals surface area contributed by atoms with E-state index < -0.39 is 0 Å². The van der Waals surface area contributed by atoms with Crippen LogP contribution in [-0.4, -0.2) is 24.3 Å². The first-order valence-electron chi connectivity index (χ1n) is 5.29. The number of fused-ring (bicyclic) bond motifs is 1. The molecule has 1 spiro atoms. The second-order valence-electron chi connectivity index (χ2n) is 4.44. The summed E-state index contributed by atoms with van der Waals surface area (Å²) in [5.41, 5.74) is 0. The molecule has 0 bridgehead atoms. The van der Waals surface area contributed by atoms with Gasteiger partial charge in [0, 0.05) is 19.3 Å². The van der Waals surface area contributed by atoms with Crippen molar-refractivity contribution in [1.29, 1.82) is 0 Å². The minimum absolute atomic E-state index is 0.0758. The number of ether oxygens (including phenoxy) is 3. The molecule has 74 valence electrons. The highest BCUT2D eigenvalue weighted by Gasteiger charge is 2.52. The molecule has 0 unspecified atom stereocenters. The van der Waals surface area contributed by atoms with Crippen molar-refractivity contribution >= 4 is 0 Å². The van der Waals surface area contributed by atoms with Crippen LogP contribution in [0.3, 0.4) is 0 Å². The monoisotopic (exact) mass is 184 g/mol. The molecule has 3 atom stereocenters. The van der Waals surface area contributed by atoms with E-state index in [0.717, 1.165) is 19.3 Å². The van der Waals surface area contributed by atoms with Gasteiger partial charge in [-0.2, -0.15) is 0 Å². The average Bonchev–Trinajstić information content (AvgIpc) is 2.67. The smallest absolute Gasteiger partial charge is 0.187 e. The van der Waals surface area contributed by atoms with Gasteiger partial charge in [-0.1, -0.05) is 0 Å². The second kappa shape index (κ2) is 2.69. The summed E-state index contributed by atoms with van der Waals surface area (Å²) in [4.78, 5) is 0. The van der Waals surface area contributed by atoms with Crippen LogP contribution < -0.4 is 0 Å². The molecule has 0 amide bonds. The molecular weight excluding hydrogens is 168 g/mol. The van der Waals surface area contributed by atoms with Gasteiger partial charge >= 0.3 is 0 Å². The summed E-state index contributed by atoms with van der Waals surface area (Å²) in [5.74, 6) is -0.254. The highest BCUT2D eigenvalue weighted by molar-refractivity contribution is 4.90.